The van der Waals surface area contributed by atoms with Crippen molar-refractivity contribution >= 4 is 5.91 Å². The normalized spacial score (nSPS) is 13.9. The van der Waals surface area contributed by atoms with E-state index >= 15 is 0 Å². The highest BCUT2D eigenvalue weighted by Gasteiger charge is 2.28. The molecule has 0 aliphatic carbocycles. The number of halogens is 3. The summed E-state index contributed by atoms with van der Waals surface area (Å²) in [5, 5.41) is 0. The van der Waals surface area contributed by atoms with Gasteiger partial charge in [0.15, 0.2) is 6.61 Å². The standard InChI is InChI=1S/C6H10F3NO3/c1-4(12-2)5(11)10-13-3-6(7,8)9/h4H,3H2,1-2H3,(H,10,11). The fourth-order valence-corrected chi connectivity index (χ4v) is 0.379. The molecule has 0 aliphatic heterocycles. The van der Waals surface area contributed by atoms with Gasteiger partial charge in [-0.25, -0.2) is 5.48 Å². The number of ether oxygens (including phenoxy) is 1. The lowest BCUT2D eigenvalue weighted by Crippen LogP contribution is -2.36. The molecule has 4 nitrogen and oxygen atoms in total. The molecule has 1 atom stereocenters. The summed E-state index contributed by atoms with van der Waals surface area (Å²) in [6, 6.07) is 0. The number of carbonyl (C=O) groups is 1. The van der Waals surface area contributed by atoms with Gasteiger partial charge in [-0.15, -0.1) is 0 Å². The highest BCUT2D eigenvalue weighted by Crippen LogP contribution is 2.13. The molecule has 0 aromatic rings. The van der Waals surface area contributed by atoms with Gasteiger partial charge >= 0.3 is 6.18 Å². The Kier molecular flexibility index (Phi) is 4.71. The van der Waals surface area contributed by atoms with Gasteiger partial charge in [0, 0.05) is 7.11 Å². The fourth-order valence-electron chi connectivity index (χ4n) is 0.379. The van der Waals surface area contributed by atoms with E-state index in [1.54, 1.807) is 5.48 Å². The molecule has 0 saturated heterocycles. The van der Waals surface area contributed by atoms with Crippen molar-refractivity contribution in [2.45, 2.75) is 19.2 Å². The van der Waals surface area contributed by atoms with E-state index in [4.69, 9.17) is 0 Å². The van der Waals surface area contributed by atoms with E-state index in [-0.39, 0.29) is 0 Å². The molecule has 1 unspecified atom stereocenters. The summed E-state index contributed by atoms with van der Waals surface area (Å²) in [6.07, 6.45) is -5.29. The van der Waals surface area contributed by atoms with Crippen LogP contribution in [0.25, 0.3) is 0 Å². The second kappa shape index (κ2) is 5.03. The van der Waals surface area contributed by atoms with E-state index in [2.05, 4.69) is 9.57 Å². The minimum atomic E-state index is -4.45. The lowest BCUT2D eigenvalue weighted by Gasteiger charge is -2.11. The van der Waals surface area contributed by atoms with Crippen molar-refractivity contribution in [1.82, 2.24) is 5.48 Å². The molecule has 1 amide bonds. The zero-order chi connectivity index (χ0) is 10.5. The van der Waals surface area contributed by atoms with Crippen LogP contribution in [0.4, 0.5) is 13.2 Å². The lowest BCUT2D eigenvalue weighted by atomic mass is 10.4. The van der Waals surface area contributed by atoms with Gasteiger partial charge in [-0.05, 0) is 6.92 Å². The molecule has 0 radical (unpaired) electrons. The van der Waals surface area contributed by atoms with Gasteiger partial charge in [0.2, 0.25) is 0 Å². The number of amides is 1. The Labute approximate surface area is 73.0 Å². The van der Waals surface area contributed by atoms with Crippen LogP contribution in [0.1, 0.15) is 6.92 Å². The van der Waals surface area contributed by atoms with Gasteiger partial charge in [0.1, 0.15) is 6.10 Å². The van der Waals surface area contributed by atoms with Crippen molar-refractivity contribution in [2.24, 2.45) is 0 Å². The van der Waals surface area contributed by atoms with E-state index in [9.17, 15) is 18.0 Å². The van der Waals surface area contributed by atoms with Crippen LogP contribution in [0.5, 0.6) is 0 Å². The third-order valence-electron chi connectivity index (χ3n) is 1.13. The average molecular weight is 201 g/mol. The number of methoxy groups -OCH3 is 1. The smallest absolute Gasteiger partial charge is 0.372 e. The summed E-state index contributed by atoms with van der Waals surface area (Å²) in [5.74, 6) is -0.758. The van der Waals surface area contributed by atoms with Gasteiger partial charge in [-0.2, -0.15) is 13.2 Å². The Morgan fingerprint density at radius 2 is 2.08 bits per heavy atom. The van der Waals surface area contributed by atoms with Gasteiger partial charge in [-0.1, -0.05) is 0 Å². The molecule has 0 fully saturated rings. The quantitative estimate of drug-likeness (QED) is 0.678. The van der Waals surface area contributed by atoms with Crippen LogP contribution in [0.2, 0.25) is 0 Å². The maximum atomic E-state index is 11.5. The lowest BCUT2D eigenvalue weighted by molar-refractivity contribution is -0.194. The molecule has 0 heterocycles. The Balaban J connectivity index is 3.60. The Hall–Kier alpha value is -0.820. The number of hydrogen-bond donors (Lipinski definition) is 1. The SMILES string of the molecule is COC(C)C(=O)NOCC(F)(F)F. The molecule has 78 valence electrons. The monoisotopic (exact) mass is 201 g/mol. The largest absolute Gasteiger partial charge is 0.414 e. The molecule has 0 aromatic heterocycles. The average Bonchev–Trinajstić information content (AvgIpc) is 2.00. The first-order valence-corrected chi connectivity index (χ1v) is 3.38. The van der Waals surface area contributed by atoms with Crippen molar-refractivity contribution in [2.75, 3.05) is 13.7 Å². The first-order valence-electron chi connectivity index (χ1n) is 3.38. The van der Waals surface area contributed by atoms with Crippen molar-refractivity contribution in [3.8, 4) is 0 Å². The van der Waals surface area contributed by atoms with Crippen LogP contribution in [0, 0.1) is 0 Å². The molecule has 13 heavy (non-hydrogen) atoms. The summed E-state index contributed by atoms with van der Waals surface area (Å²) in [5.41, 5.74) is 1.61. The Morgan fingerprint density at radius 1 is 1.54 bits per heavy atom. The van der Waals surface area contributed by atoms with E-state index in [0.29, 0.717) is 0 Å². The zero-order valence-corrected chi connectivity index (χ0v) is 7.14. The molecule has 0 rings (SSSR count). The molecule has 7 heteroatoms. The first kappa shape index (κ1) is 12.2. The number of hydrogen-bond acceptors (Lipinski definition) is 3. The molecule has 1 N–H and O–H groups in total. The fraction of sp³-hybridized carbons (Fsp3) is 0.833. The summed E-state index contributed by atoms with van der Waals surface area (Å²) in [4.78, 5) is 14.6. The highest BCUT2D eigenvalue weighted by atomic mass is 19.4. The van der Waals surface area contributed by atoms with E-state index < -0.39 is 24.8 Å². The Morgan fingerprint density at radius 3 is 2.46 bits per heavy atom. The van der Waals surface area contributed by atoms with Gasteiger partial charge in [-0.3, -0.25) is 9.63 Å². The van der Waals surface area contributed by atoms with Gasteiger partial charge < -0.3 is 4.74 Å². The van der Waals surface area contributed by atoms with Crippen LogP contribution in [-0.2, 0) is 14.4 Å². The molecular weight excluding hydrogens is 191 g/mol. The van der Waals surface area contributed by atoms with Gasteiger partial charge in [0.05, 0.1) is 0 Å². The predicted molar refractivity (Wildman–Crippen MR) is 36.6 cm³/mol. The minimum Gasteiger partial charge on any atom is -0.372 e. The van der Waals surface area contributed by atoms with E-state index in [0.717, 1.165) is 0 Å². The van der Waals surface area contributed by atoms with Crippen molar-refractivity contribution in [3.05, 3.63) is 0 Å². The highest BCUT2D eigenvalue weighted by molar-refractivity contribution is 5.79. The maximum absolute atomic E-state index is 11.5. The zero-order valence-electron chi connectivity index (χ0n) is 7.14. The minimum absolute atomic E-state index is 0.758. The first-order chi connectivity index (χ1) is 5.87. The summed E-state index contributed by atoms with van der Waals surface area (Å²) in [7, 11) is 1.26. The van der Waals surface area contributed by atoms with Crippen molar-refractivity contribution in [3.63, 3.8) is 0 Å². The molecule has 0 bridgehead atoms. The Bertz CT molecular complexity index is 171. The van der Waals surface area contributed by atoms with Crippen LogP contribution < -0.4 is 5.48 Å². The third-order valence-corrected chi connectivity index (χ3v) is 1.13. The van der Waals surface area contributed by atoms with Crippen LogP contribution in [0.3, 0.4) is 0 Å². The van der Waals surface area contributed by atoms with Crippen LogP contribution >= 0.6 is 0 Å². The van der Waals surface area contributed by atoms with E-state index in [1.165, 1.54) is 14.0 Å². The molecular formula is C6H10F3NO3. The van der Waals surface area contributed by atoms with Crippen molar-refractivity contribution in [1.29, 1.82) is 0 Å². The van der Waals surface area contributed by atoms with E-state index in [1.807, 2.05) is 0 Å². The van der Waals surface area contributed by atoms with Crippen LogP contribution in [0.15, 0.2) is 0 Å². The summed E-state index contributed by atoms with van der Waals surface area (Å²) < 4.78 is 39.0. The predicted octanol–water partition coefficient (Wildman–Crippen LogP) is 0.631. The number of carbonyl (C=O) groups excluding carboxylic acids is 1. The molecule has 0 aromatic carbocycles. The second-order valence-electron chi connectivity index (χ2n) is 2.25. The maximum Gasteiger partial charge on any atom is 0.414 e. The van der Waals surface area contributed by atoms with Crippen molar-refractivity contribution < 1.29 is 27.5 Å². The van der Waals surface area contributed by atoms with Crippen LogP contribution in [-0.4, -0.2) is 31.9 Å². The molecule has 0 spiro atoms. The molecule has 0 saturated carbocycles. The summed E-state index contributed by atoms with van der Waals surface area (Å²) >= 11 is 0. The van der Waals surface area contributed by atoms with Gasteiger partial charge in [0.25, 0.3) is 5.91 Å². The second-order valence-corrected chi connectivity index (χ2v) is 2.25. The summed E-state index contributed by atoms with van der Waals surface area (Å²) in [6.45, 7) is -0.137. The topological polar surface area (TPSA) is 47.6 Å². The molecule has 0 aliphatic rings. The number of hydroxylamine groups is 1. The number of alkyl halides is 3. The number of rotatable bonds is 4. The number of nitrogens with one attached hydrogen (secondary N) is 1. The third kappa shape index (κ3) is 6.35.